The molecule has 2 heterocycles. The largest absolute Gasteiger partial charge is 0.508 e. The van der Waals surface area contributed by atoms with Gasteiger partial charge in [-0.2, -0.15) is 5.10 Å². The fourth-order valence-electron chi connectivity index (χ4n) is 2.58. The number of nitrogens with zero attached hydrogens (tertiary/aromatic N) is 2. The van der Waals surface area contributed by atoms with E-state index in [1.165, 1.54) is 23.5 Å². The van der Waals surface area contributed by atoms with Gasteiger partial charge in [-0.25, -0.2) is 9.78 Å². The maximum atomic E-state index is 12.3. The molecule has 0 atom stereocenters. The van der Waals surface area contributed by atoms with Crippen molar-refractivity contribution in [2.75, 3.05) is 12.5 Å². The van der Waals surface area contributed by atoms with Crippen LogP contribution in [0.3, 0.4) is 0 Å². The third kappa shape index (κ3) is 3.72. The highest BCUT2D eigenvalue weighted by atomic mass is 32.1. The van der Waals surface area contributed by atoms with E-state index in [1.807, 2.05) is 24.3 Å². The highest BCUT2D eigenvalue weighted by Gasteiger charge is 2.12. The Bertz CT molecular complexity index is 1210. The number of benzene rings is 2. The summed E-state index contributed by atoms with van der Waals surface area (Å²) in [5.74, 6) is 0.817. The Morgan fingerprint density at radius 3 is 2.82 bits per heavy atom. The Hall–Kier alpha value is -3.65. The number of methoxy groups -OCH3 is 1. The molecule has 140 valence electrons. The first kappa shape index (κ1) is 17.7. The SMILES string of the molecule is COc1ccc(C=NNc2nc(-c3cc4ccc(O)cc4oc3=O)cs2)cc1. The molecule has 0 aliphatic carbocycles. The molecule has 0 amide bonds. The van der Waals surface area contributed by atoms with Crippen LogP contribution >= 0.6 is 11.3 Å². The zero-order chi connectivity index (χ0) is 19.5. The van der Waals surface area contributed by atoms with Crippen molar-refractivity contribution in [2.24, 2.45) is 5.10 Å². The lowest BCUT2D eigenvalue weighted by Crippen LogP contribution is -2.03. The number of hydrogen-bond acceptors (Lipinski definition) is 8. The fourth-order valence-corrected chi connectivity index (χ4v) is 3.24. The minimum Gasteiger partial charge on any atom is -0.508 e. The summed E-state index contributed by atoms with van der Waals surface area (Å²) in [6, 6.07) is 13.8. The number of rotatable bonds is 5. The van der Waals surface area contributed by atoms with Gasteiger partial charge in [0.15, 0.2) is 0 Å². The molecule has 4 aromatic rings. The smallest absolute Gasteiger partial charge is 0.345 e. The van der Waals surface area contributed by atoms with Crippen LogP contribution in [0, 0.1) is 0 Å². The molecule has 0 unspecified atom stereocenters. The lowest BCUT2D eigenvalue weighted by molar-refractivity contribution is 0.415. The third-order valence-corrected chi connectivity index (χ3v) is 4.74. The van der Waals surface area contributed by atoms with Gasteiger partial charge >= 0.3 is 5.63 Å². The number of aromatic hydroxyl groups is 1. The Balaban J connectivity index is 1.53. The molecule has 0 radical (unpaired) electrons. The number of fused-ring (bicyclic) bond motifs is 1. The van der Waals surface area contributed by atoms with Gasteiger partial charge in [0.1, 0.15) is 17.1 Å². The van der Waals surface area contributed by atoms with Gasteiger partial charge in [-0.3, -0.25) is 5.43 Å². The van der Waals surface area contributed by atoms with E-state index in [4.69, 9.17) is 9.15 Å². The van der Waals surface area contributed by atoms with Crippen LogP contribution in [0.25, 0.3) is 22.2 Å². The summed E-state index contributed by atoms with van der Waals surface area (Å²) in [5, 5.41) is 16.7. The van der Waals surface area contributed by atoms with Crippen LogP contribution in [0.1, 0.15) is 5.56 Å². The predicted octanol–water partition coefficient (Wildman–Crippen LogP) is 4.08. The topological polar surface area (TPSA) is 96.9 Å². The molecule has 0 aliphatic rings. The van der Waals surface area contributed by atoms with E-state index in [0.29, 0.717) is 27.4 Å². The molecule has 0 bridgehead atoms. The van der Waals surface area contributed by atoms with Crippen LogP contribution in [0.15, 0.2) is 68.2 Å². The first-order valence-corrected chi connectivity index (χ1v) is 9.16. The summed E-state index contributed by atoms with van der Waals surface area (Å²) < 4.78 is 10.4. The van der Waals surface area contributed by atoms with Crippen molar-refractivity contribution in [3.63, 3.8) is 0 Å². The van der Waals surface area contributed by atoms with E-state index in [-0.39, 0.29) is 5.75 Å². The number of aromatic nitrogens is 1. The maximum absolute atomic E-state index is 12.3. The zero-order valence-electron chi connectivity index (χ0n) is 14.7. The van der Waals surface area contributed by atoms with Crippen LogP contribution in [0.5, 0.6) is 11.5 Å². The summed E-state index contributed by atoms with van der Waals surface area (Å²) in [6.45, 7) is 0. The molecule has 0 saturated carbocycles. The van der Waals surface area contributed by atoms with Crippen molar-refractivity contribution in [1.29, 1.82) is 0 Å². The number of nitrogens with one attached hydrogen (secondary N) is 1. The summed E-state index contributed by atoms with van der Waals surface area (Å²) in [5.41, 5.74) is 4.42. The standard InChI is InChI=1S/C20H15N3O4S/c1-26-15-6-2-12(3-7-15)10-21-23-20-22-17(11-28-20)16-8-13-4-5-14(24)9-18(13)27-19(16)25/h2-11,24H,1H3,(H,22,23). The van der Waals surface area contributed by atoms with Gasteiger partial charge in [-0.05, 0) is 48.0 Å². The van der Waals surface area contributed by atoms with Crippen molar-refractivity contribution in [2.45, 2.75) is 0 Å². The molecular weight excluding hydrogens is 378 g/mol. The number of anilines is 1. The van der Waals surface area contributed by atoms with Gasteiger partial charge < -0.3 is 14.3 Å². The summed E-state index contributed by atoms with van der Waals surface area (Å²) >= 11 is 1.33. The molecule has 4 rings (SSSR count). The molecule has 7 nitrogen and oxygen atoms in total. The summed E-state index contributed by atoms with van der Waals surface area (Å²) in [4.78, 5) is 16.7. The minimum atomic E-state index is -0.517. The number of thiazole rings is 1. The second-order valence-electron chi connectivity index (χ2n) is 5.85. The molecule has 0 aliphatic heterocycles. The molecule has 2 N–H and O–H groups in total. The fraction of sp³-hybridized carbons (Fsp3) is 0.0500. The second-order valence-corrected chi connectivity index (χ2v) is 6.71. The minimum absolute atomic E-state index is 0.0401. The number of hydrogen-bond donors (Lipinski definition) is 2. The van der Waals surface area contributed by atoms with Gasteiger partial charge in [0.05, 0.1) is 24.6 Å². The van der Waals surface area contributed by atoms with Gasteiger partial charge in [0, 0.05) is 16.8 Å². The van der Waals surface area contributed by atoms with Crippen LogP contribution in [0.4, 0.5) is 5.13 Å². The monoisotopic (exact) mass is 393 g/mol. The predicted molar refractivity (Wildman–Crippen MR) is 109 cm³/mol. The molecule has 2 aromatic heterocycles. The van der Waals surface area contributed by atoms with Crippen molar-refractivity contribution in [3.8, 4) is 22.8 Å². The van der Waals surface area contributed by atoms with E-state index < -0.39 is 5.63 Å². The van der Waals surface area contributed by atoms with Gasteiger partial charge in [0.2, 0.25) is 5.13 Å². The van der Waals surface area contributed by atoms with Gasteiger partial charge in [-0.15, -0.1) is 11.3 Å². The molecule has 8 heteroatoms. The number of hydrazone groups is 1. The first-order valence-electron chi connectivity index (χ1n) is 8.28. The van der Waals surface area contributed by atoms with Crippen molar-refractivity contribution < 1.29 is 14.3 Å². The van der Waals surface area contributed by atoms with E-state index in [1.54, 1.807) is 30.8 Å². The highest BCUT2D eigenvalue weighted by molar-refractivity contribution is 7.14. The van der Waals surface area contributed by atoms with Crippen LogP contribution < -0.4 is 15.8 Å². The highest BCUT2D eigenvalue weighted by Crippen LogP contribution is 2.26. The first-order chi connectivity index (χ1) is 13.6. The van der Waals surface area contributed by atoms with Crippen molar-refractivity contribution >= 4 is 33.7 Å². The van der Waals surface area contributed by atoms with Gasteiger partial charge in [-0.1, -0.05) is 0 Å². The lowest BCUT2D eigenvalue weighted by Gasteiger charge is -2.00. The number of phenolic OH excluding ortho intramolecular Hbond substituents is 1. The average molecular weight is 393 g/mol. The molecule has 0 fully saturated rings. The maximum Gasteiger partial charge on any atom is 0.345 e. The van der Waals surface area contributed by atoms with Gasteiger partial charge in [0.25, 0.3) is 0 Å². The Morgan fingerprint density at radius 1 is 1.21 bits per heavy atom. The van der Waals surface area contributed by atoms with Crippen molar-refractivity contribution in [1.82, 2.24) is 4.98 Å². The summed E-state index contributed by atoms with van der Waals surface area (Å²) in [6.07, 6.45) is 1.66. The van der Waals surface area contributed by atoms with E-state index >= 15 is 0 Å². The lowest BCUT2D eigenvalue weighted by atomic mass is 10.1. The molecular formula is C20H15N3O4S. The Labute approximate surface area is 163 Å². The van der Waals surface area contributed by atoms with Crippen LogP contribution in [-0.2, 0) is 0 Å². The van der Waals surface area contributed by atoms with E-state index in [9.17, 15) is 9.90 Å². The summed E-state index contributed by atoms with van der Waals surface area (Å²) in [7, 11) is 1.62. The van der Waals surface area contributed by atoms with E-state index in [0.717, 1.165) is 11.3 Å². The normalized spacial score (nSPS) is 11.2. The Kier molecular flexibility index (Phi) is 4.77. The number of ether oxygens (including phenoxy) is 1. The van der Waals surface area contributed by atoms with E-state index in [2.05, 4.69) is 15.5 Å². The van der Waals surface area contributed by atoms with Crippen LogP contribution in [0.2, 0.25) is 0 Å². The Morgan fingerprint density at radius 2 is 2.04 bits per heavy atom. The molecule has 0 saturated heterocycles. The number of phenols is 1. The molecule has 2 aromatic carbocycles. The zero-order valence-corrected chi connectivity index (χ0v) is 15.6. The van der Waals surface area contributed by atoms with Crippen molar-refractivity contribution in [3.05, 3.63) is 69.9 Å². The third-order valence-electron chi connectivity index (χ3n) is 3.99. The second kappa shape index (κ2) is 7.53. The molecule has 28 heavy (non-hydrogen) atoms. The van der Waals surface area contributed by atoms with Crippen LogP contribution in [-0.4, -0.2) is 23.4 Å². The molecule has 0 spiro atoms. The quantitative estimate of drug-likeness (QED) is 0.301. The average Bonchev–Trinajstić information content (AvgIpc) is 3.16.